The molecule has 1 unspecified atom stereocenters. The quantitative estimate of drug-likeness (QED) is 0.496. The Morgan fingerprint density at radius 3 is 1.89 bits per heavy atom. The summed E-state index contributed by atoms with van der Waals surface area (Å²) in [5.74, 6) is -1.76. The minimum atomic E-state index is -0.562. The summed E-state index contributed by atoms with van der Waals surface area (Å²) < 4.78 is 9.31. The zero-order valence-electron chi connectivity index (χ0n) is 11.7. The van der Waals surface area contributed by atoms with E-state index in [9.17, 15) is 14.4 Å². The molecule has 0 aromatic carbocycles. The van der Waals surface area contributed by atoms with Crippen molar-refractivity contribution >= 4 is 17.7 Å². The highest BCUT2D eigenvalue weighted by Gasteiger charge is 2.22. The number of methoxy groups -OCH3 is 1. The zero-order valence-corrected chi connectivity index (χ0v) is 11.7. The van der Waals surface area contributed by atoms with Gasteiger partial charge in [-0.3, -0.25) is 4.79 Å². The van der Waals surface area contributed by atoms with Crippen LogP contribution in [0.2, 0.25) is 0 Å². The number of carbonyl (C=O) groups excluding carboxylic acids is 3. The number of Topliss-reactive ketones (excluding diaryl/α,β-unsaturated/α-hetero) is 1. The molecule has 0 N–H and O–H groups in total. The first-order valence-corrected chi connectivity index (χ1v) is 5.94. The van der Waals surface area contributed by atoms with Crippen molar-refractivity contribution in [2.45, 2.75) is 26.7 Å². The molecule has 0 amide bonds. The van der Waals surface area contributed by atoms with Crippen LogP contribution in [0.1, 0.15) is 26.7 Å². The summed E-state index contributed by atoms with van der Waals surface area (Å²) >= 11 is 0. The lowest BCUT2D eigenvalue weighted by Crippen LogP contribution is -2.19. The molecule has 5 nitrogen and oxygen atoms in total. The summed E-state index contributed by atoms with van der Waals surface area (Å²) in [6.07, 6.45) is 0.282. The average Bonchev–Trinajstić information content (AvgIpc) is 2.36. The van der Waals surface area contributed by atoms with E-state index in [0.29, 0.717) is 0 Å². The van der Waals surface area contributed by atoms with Crippen LogP contribution in [0, 0.1) is 5.92 Å². The number of esters is 2. The molecule has 0 aliphatic heterocycles. The van der Waals surface area contributed by atoms with Gasteiger partial charge in [0.1, 0.15) is 5.78 Å². The van der Waals surface area contributed by atoms with E-state index in [1.165, 1.54) is 14.0 Å². The van der Waals surface area contributed by atoms with Crippen LogP contribution in [0.25, 0.3) is 0 Å². The summed E-state index contributed by atoms with van der Waals surface area (Å²) in [4.78, 5) is 34.2. The molecule has 0 radical (unpaired) electrons. The largest absolute Gasteiger partial charge is 0.466 e. The van der Waals surface area contributed by atoms with Crippen LogP contribution in [0.3, 0.4) is 0 Å². The molecule has 19 heavy (non-hydrogen) atoms. The molecular formula is C14H20O5. The van der Waals surface area contributed by atoms with Crippen molar-refractivity contribution < 1.29 is 23.9 Å². The van der Waals surface area contributed by atoms with Gasteiger partial charge in [0.05, 0.1) is 13.7 Å². The van der Waals surface area contributed by atoms with E-state index in [0.717, 1.165) is 0 Å². The third-order valence-electron chi connectivity index (χ3n) is 2.60. The summed E-state index contributed by atoms with van der Waals surface area (Å²) in [6, 6.07) is 0. The molecule has 106 valence electrons. The van der Waals surface area contributed by atoms with Crippen LogP contribution in [-0.4, -0.2) is 31.4 Å². The van der Waals surface area contributed by atoms with E-state index in [-0.39, 0.29) is 36.4 Å². The van der Waals surface area contributed by atoms with E-state index in [4.69, 9.17) is 4.74 Å². The molecule has 0 aliphatic carbocycles. The van der Waals surface area contributed by atoms with Crippen molar-refractivity contribution in [2.24, 2.45) is 5.92 Å². The van der Waals surface area contributed by atoms with Crippen molar-refractivity contribution in [2.75, 3.05) is 13.7 Å². The summed E-state index contributed by atoms with van der Waals surface area (Å²) in [7, 11) is 1.24. The molecule has 0 saturated heterocycles. The van der Waals surface area contributed by atoms with Crippen LogP contribution in [-0.2, 0) is 23.9 Å². The average molecular weight is 268 g/mol. The second-order valence-corrected chi connectivity index (χ2v) is 4.13. The van der Waals surface area contributed by atoms with Gasteiger partial charge in [-0.1, -0.05) is 13.2 Å². The van der Waals surface area contributed by atoms with Gasteiger partial charge in [-0.05, 0) is 26.7 Å². The fourth-order valence-electron chi connectivity index (χ4n) is 1.50. The van der Waals surface area contributed by atoms with Gasteiger partial charge in [0.2, 0.25) is 0 Å². The molecule has 0 fully saturated rings. The van der Waals surface area contributed by atoms with E-state index in [1.54, 1.807) is 6.92 Å². The maximum absolute atomic E-state index is 11.5. The van der Waals surface area contributed by atoms with Crippen LogP contribution in [0.4, 0.5) is 0 Å². The first-order chi connectivity index (χ1) is 8.83. The lowest BCUT2D eigenvalue weighted by atomic mass is 9.90. The van der Waals surface area contributed by atoms with Crippen molar-refractivity contribution in [3.05, 3.63) is 24.3 Å². The normalized spacial score (nSPS) is 11.3. The lowest BCUT2D eigenvalue weighted by molar-refractivity contribution is -0.138. The first-order valence-electron chi connectivity index (χ1n) is 5.94. The predicted molar refractivity (Wildman–Crippen MR) is 70.3 cm³/mol. The number of ketones is 1. The van der Waals surface area contributed by atoms with Crippen molar-refractivity contribution in [1.29, 1.82) is 0 Å². The molecule has 1 atom stereocenters. The Kier molecular flexibility index (Phi) is 7.41. The Labute approximate surface area is 113 Å². The molecule has 0 aromatic rings. The van der Waals surface area contributed by atoms with Crippen LogP contribution in [0.5, 0.6) is 0 Å². The van der Waals surface area contributed by atoms with Gasteiger partial charge < -0.3 is 9.47 Å². The fraction of sp³-hybridized carbons (Fsp3) is 0.500. The van der Waals surface area contributed by atoms with Gasteiger partial charge in [-0.2, -0.15) is 0 Å². The molecule has 5 heteroatoms. The minimum absolute atomic E-state index is 0.139. The predicted octanol–water partition coefficient (Wildman–Crippen LogP) is 1.82. The van der Waals surface area contributed by atoms with Gasteiger partial charge in [0.15, 0.2) is 0 Å². The number of hydrogen-bond donors (Lipinski definition) is 0. The van der Waals surface area contributed by atoms with Gasteiger partial charge in [-0.15, -0.1) is 0 Å². The van der Waals surface area contributed by atoms with Crippen molar-refractivity contribution in [3.8, 4) is 0 Å². The third-order valence-corrected chi connectivity index (χ3v) is 2.60. The summed E-state index contributed by atoms with van der Waals surface area (Å²) in [5.41, 5.74) is 0.402. The Balaban J connectivity index is 4.63. The fourth-order valence-corrected chi connectivity index (χ4v) is 1.50. The highest BCUT2D eigenvalue weighted by Crippen LogP contribution is 2.21. The van der Waals surface area contributed by atoms with Gasteiger partial charge >= 0.3 is 11.9 Å². The Bertz CT molecular complexity index is 395. The number of ether oxygens (including phenoxy) is 2. The second kappa shape index (κ2) is 8.24. The van der Waals surface area contributed by atoms with Crippen molar-refractivity contribution in [3.63, 3.8) is 0 Å². The lowest BCUT2D eigenvalue weighted by Gasteiger charge is -2.15. The molecular weight excluding hydrogens is 248 g/mol. The SMILES string of the molecule is C=C(CC(CC(=C)C(=O)OCC)C(C)=O)C(=O)OC. The molecule has 0 spiro atoms. The topological polar surface area (TPSA) is 69.7 Å². The van der Waals surface area contributed by atoms with Crippen LogP contribution >= 0.6 is 0 Å². The van der Waals surface area contributed by atoms with Crippen LogP contribution in [0.15, 0.2) is 24.3 Å². The molecule has 0 heterocycles. The standard InChI is InChI=1S/C14H20O5/c1-6-19-14(17)10(3)8-12(11(4)15)7-9(2)13(16)18-5/h12H,2-3,6-8H2,1,4-5H3. The summed E-state index contributed by atoms with van der Waals surface area (Å²) in [5, 5.41) is 0. The first kappa shape index (κ1) is 17.1. The second-order valence-electron chi connectivity index (χ2n) is 4.13. The molecule has 0 aliphatic rings. The van der Waals surface area contributed by atoms with E-state index in [2.05, 4.69) is 17.9 Å². The zero-order chi connectivity index (χ0) is 15.0. The highest BCUT2D eigenvalue weighted by atomic mass is 16.5. The van der Waals surface area contributed by atoms with Gasteiger partial charge in [0.25, 0.3) is 0 Å². The number of carbonyl (C=O) groups is 3. The van der Waals surface area contributed by atoms with Gasteiger partial charge in [0, 0.05) is 17.1 Å². The Hall–Kier alpha value is -1.91. The van der Waals surface area contributed by atoms with E-state index >= 15 is 0 Å². The molecule has 0 aromatic heterocycles. The Morgan fingerprint density at radius 2 is 1.53 bits per heavy atom. The third kappa shape index (κ3) is 5.99. The van der Waals surface area contributed by atoms with E-state index in [1.807, 2.05) is 0 Å². The maximum atomic E-state index is 11.5. The van der Waals surface area contributed by atoms with Crippen molar-refractivity contribution in [1.82, 2.24) is 0 Å². The monoisotopic (exact) mass is 268 g/mol. The Morgan fingerprint density at radius 1 is 1.05 bits per heavy atom. The van der Waals surface area contributed by atoms with Gasteiger partial charge in [-0.25, -0.2) is 9.59 Å². The smallest absolute Gasteiger partial charge is 0.333 e. The molecule has 0 rings (SSSR count). The highest BCUT2D eigenvalue weighted by molar-refractivity contribution is 5.91. The molecule has 0 saturated carbocycles. The number of rotatable bonds is 8. The molecule has 0 bridgehead atoms. The summed E-state index contributed by atoms with van der Waals surface area (Å²) in [6.45, 7) is 10.5. The minimum Gasteiger partial charge on any atom is -0.466 e. The van der Waals surface area contributed by atoms with Crippen LogP contribution < -0.4 is 0 Å². The maximum Gasteiger partial charge on any atom is 0.333 e. The number of hydrogen-bond acceptors (Lipinski definition) is 5. The van der Waals surface area contributed by atoms with E-state index < -0.39 is 17.9 Å².